The summed E-state index contributed by atoms with van der Waals surface area (Å²) < 4.78 is 61.9. The van der Waals surface area contributed by atoms with Gasteiger partial charge in [0.05, 0.1) is 44.6 Å². The molecule has 0 aliphatic heterocycles. The molecular weight excluding hydrogens is 721 g/mol. The number of hydrogen-bond acceptors (Lipinski definition) is 10. The van der Waals surface area contributed by atoms with E-state index in [1.807, 2.05) is 45.0 Å². The number of carbonyl (C=O) groups excluding carboxylic acids is 1. The fourth-order valence-electron chi connectivity index (χ4n) is 5.59. The molecule has 53 heavy (non-hydrogen) atoms. The normalized spacial score (nSPS) is 12.7. The van der Waals surface area contributed by atoms with E-state index in [9.17, 15) is 22.7 Å². The van der Waals surface area contributed by atoms with Crippen molar-refractivity contribution in [3.8, 4) is 28.7 Å². The minimum atomic E-state index is -3.71. The third kappa shape index (κ3) is 9.30. The number of benzene rings is 4. The lowest BCUT2D eigenvalue weighted by Gasteiger charge is -2.24. The summed E-state index contributed by atoms with van der Waals surface area (Å²) in [6.07, 6.45) is 2.61. The summed E-state index contributed by atoms with van der Waals surface area (Å²) in [7, 11) is -3.15. The van der Waals surface area contributed by atoms with Crippen molar-refractivity contribution in [2.75, 3.05) is 54.9 Å². The third-order valence-electron chi connectivity index (χ3n) is 7.96. The summed E-state index contributed by atoms with van der Waals surface area (Å²) in [5.74, 6) is 1.92. The summed E-state index contributed by atoms with van der Waals surface area (Å²) in [6.45, 7) is 7.13. The smallest absolute Gasteiger partial charge is 0.323 e. The lowest BCUT2D eigenvalue weighted by molar-refractivity contribution is 0.262. The van der Waals surface area contributed by atoms with Crippen LogP contribution in [0, 0.1) is 0 Å². The fraction of sp³-hybridized carbons (Fsp3) is 0.243. The first kappa shape index (κ1) is 38.7. The van der Waals surface area contributed by atoms with Crippen LogP contribution in [0.4, 0.5) is 33.4 Å². The first-order valence-electron chi connectivity index (χ1n) is 16.2. The molecule has 14 nitrogen and oxygen atoms in total. The lowest BCUT2D eigenvalue weighted by atomic mass is 9.86. The average molecular weight is 764 g/mol. The Labute approximate surface area is 308 Å². The Kier molecular flexibility index (Phi) is 11.1. The zero-order valence-electron chi connectivity index (χ0n) is 30.5. The second-order valence-electron chi connectivity index (χ2n) is 13.2. The van der Waals surface area contributed by atoms with Gasteiger partial charge in [0.2, 0.25) is 17.4 Å². The van der Waals surface area contributed by atoms with Gasteiger partial charge >= 0.3 is 6.03 Å². The molecule has 0 fully saturated rings. The molecule has 5 N–H and O–H groups in total. The number of fused-ring (bicyclic) bond motifs is 1. The van der Waals surface area contributed by atoms with Crippen LogP contribution >= 0.6 is 7.37 Å². The number of aromatic nitrogens is 1. The van der Waals surface area contributed by atoms with E-state index >= 15 is 0 Å². The van der Waals surface area contributed by atoms with E-state index < -0.39 is 23.4 Å². The van der Waals surface area contributed by atoms with Gasteiger partial charge in [-0.15, -0.1) is 0 Å². The van der Waals surface area contributed by atoms with E-state index in [1.54, 1.807) is 54.7 Å². The molecule has 5 aromatic rings. The Balaban J connectivity index is 1.40. The number of methoxy groups -OCH3 is 3. The van der Waals surface area contributed by atoms with Gasteiger partial charge in [0, 0.05) is 47.5 Å². The maximum Gasteiger partial charge on any atom is 0.323 e. The quantitative estimate of drug-likeness (QED) is 0.0787. The zero-order chi connectivity index (χ0) is 38.7. The van der Waals surface area contributed by atoms with Gasteiger partial charge in [-0.05, 0) is 41.3 Å². The Morgan fingerprint density at radius 2 is 1.43 bits per heavy atom. The van der Waals surface area contributed by atoms with Crippen LogP contribution in [-0.4, -0.2) is 58.6 Å². The molecule has 0 saturated heterocycles. The van der Waals surface area contributed by atoms with Crippen molar-refractivity contribution in [3.05, 3.63) is 84.6 Å². The Bertz CT molecular complexity index is 2320. The number of ether oxygens (including phenoxy) is 4. The number of nitrogens with zero attached hydrogens (tertiary/aromatic N) is 1. The molecule has 0 saturated carbocycles. The van der Waals surface area contributed by atoms with Crippen LogP contribution < -0.4 is 44.9 Å². The predicted molar refractivity (Wildman–Crippen MR) is 209 cm³/mol. The maximum atomic E-state index is 13.5. The van der Waals surface area contributed by atoms with Gasteiger partial charge in [0.25, 0.3) is 0 Å². The predicted octanol–water partition coefficient (Wildman–Crippen LogP) is 7.64. The highest BCUT2D eigenvalue weighted by molar-refractivity contribution is 7.92. The van der Waals surface area contributed by atoms with Crippen LogP contribution in [0.1, 0.15) is 26.3 Å². The van der Waals surface area contributed by atoms with E-state index in [-0.39, 0.29) is 39.3 Å². The first-order valence-corrected chi connectivity index (χ1v) is 20.2. The van der Waals surface area contributed by atoms with Crippen molar-refractivity contribution in [3.63, 3.8) is 0 Å². The highest BCUT2D eigenvalue weighted by Crippen LogP contribution is 2.44. The van der Waals surface area contributed by atoms with Crippen LogP contribution in [-0.2, 0) is 20.0 Å². The number of sulfonamides is 1. The molecule has 0 aliphatic rings. The Hall–Kier alpha value is -5.50. The SMILES string of the molecule is COc1cc(Nc2cc(Oc3ccc(NC(=O)Nc4cc(C(C)(C)C)cc(NS(C)(=O)=O)c4OC)c4ccccc34)ccn2)cc(OC)c1P(C)(=O)O. The van der Waals surface area contributed by atoms with Crippen LogP contribution in [0.3, 0.4) is 0 Å². The summed E-state index contributed by atoms with van der Waals surface area (Å²) in [5.41, 5.74) is 1.87. The summed E-state index contributed by atoms with van der Waals surface area (Å²) >= 11 is 0. The number of carbonyl (C=O) groups is 1. The molecule has 0 aliphatic carbocycles. The molecule has 2 amide bonds. The highest BCUT2D eigenvalue weighted by atomic mass is 32.2. The molecule has 280 valence electrons. The largest absolute Gasteiger partial charge is 0.496 e. The van der Waals surface area contributed by atoms with Crippen LogP contribution in [0.5, 0.6) is 28.7 Å². The van der Waals surface area contributed by atoms with E-state index in [4.69, 9.17) is 18.9 Å². The fourth-order valence-corrected chi connectivity index (χ4v) is 7.27. The molecule has 1 unspecified atom stereocenters. The van der Waals surface area contributed by atoms with Gasteiger partial charge in [0.1, 0.15) is 34.1 Å². The standard InChI is InChI=1S/C37H42N5O9PS/c1-37(2,3)22-17-28(34(50-6)29(18-22)42-53(8,46)47)41-36(43)40-27-13-14-30(26-12-10-9-11-25(26)27)51-24-15-16-38-33(21-24)39-23-19-31(48-4)35(52(7,44)45)32(20-23)49-5/h9-21,42H,1-8H3,(H,38,39)(H,44,45)(H2,40,41,43). The number of nitrogens with one attached hydrogen (secondary N) is 4. The molecule has 0 radical (unpaired) electrons. The van der Waals surface area contributed by atoms with Crippen LogP contribution in [0.25, 0.3) is 10.8 Å². The van der Waals surface area contributed by atoms with Crippen LogP contribution in [0.2, 0.25) is 0 Å². The number of pyridine rings is 1. The van der Waals surface area contributed by atoms with Crippen molar-refractivity contribution in [2.45, 2.75) is 26.2 Å². The van der Waals surface area contributed by atoms with Crippen molar-refractivity contribution in [1.29, 1.82) is 0 Å². The lowest BCUT2D eigenvalue weighted by Crippen LogP contribution is -2.22. The summed E-state index contributed by atoms with van der Waals surface area (Å²) in [6, 6.07) is 20.2. The number of urea groups is 1. The van der Waals surface area contributed by atoms with Crippen molar-refractivity contribution in [1.82, 2.24) is 4.98 Å². The molecule has 1 aromatic heterocycles. The van der Waals surface area contributed by atoms with Gasteiger partial charge in [-0.25, -0.2) is 18.2 Å². The zero-order valence-corrected chi connectivity index (χ0v) is 32.2. The van der Waals surface area contributed by atoms with Crippen molar-refractivity contribution < 1.29 is 41.6 Å². The molecule has 4 aromatic carbocycles. The van der Waals surface area contributed by atoms with E-state index in [1.165, 1.54) is 28.0 Å². The number of anilines is 5. The van der Waals surface area contributed by atoms with E-state index in [2.05, 4.69) is 25.7 Å². The average Bonchev–Trinajstić information content (AvgIpc) is 3.07. The monoisotopic (exact) mass is 763 g/mol. The first-order chi connectivity index (χ1) is 24.9. The van der Waals surface area contributed by atoms with Crippen molar-refractivity contribution >= 4 is 68.1 Å². The molecule has 0 bridgehead atoms. The molecule has 16 heteroatoms. The van der Waals surface area contributed by atoms with Gasteiger partial charge in [-0.3, -0.25) is 9.29 Å². The minimum Gasteiger partial charge on any atom is -0.496 e. The molecule has 1 heterocycles. The summed E-state index contributed by atoms with van der Waals surface area (Å²) in [4.78, 5) is 28.1. The van der Waals surface area contributed by atoms with Gasteiger partial charge < -0.3 is 39.8 Å². The minimum absolute atomic E-state index is 0.0749. The van der Waals surface area contributed by atoms with E-state index in [0.29, 0.717) is 39.5 Å². The number of hydrogen-bond donors (Lipinski definition) is 5. The van der Waals surface area contributed by atoms with Gasteiger partial charge in [-0.2, -0.15) is 0 Å². The van der Waals surface area contributed by atoms with Gasteiger partial charge in [-0.1, -0.05) is 45.0 Å². The second kappa shape index (κ2) is 15.2. The van der Waals surface area contributed by atoms with Gasteiger partial charge in [0.15, 0.2) is 5.75 Å². The van der Waals surface area contributed by atoms with Crippen molar-refractivity contribution in [2.24, 2.45) is 0 Å². The molecule has 0 spiro atoms. The Morgan fingerprint density at radius 1 is 0.811 bits per heavy atom. The Morgan fingerprint density at radius 3 is 2.02 bits per heavy atom. The summed E-state index contributed by atoms with van der Waals surface area (Å²) in [5, 5.41) is 10.4. The number of rotatable bonds is 12. The molecular formula is C37H42N5O9PS. The van der Waals surface area contributed by atoms with Crippen LogP contribution in [0.15, 0.2) is 79.0 Å². The highest BCUT2D eigenvalue weighted by Gasteiger charge is 2.26. The molecule has 1 atom stereocenters. The maximum absolute atomic E-state index is 13.5. The second-order valence-corrected chi connectivity index (χ2v) is 17.1. The topological polar surface area (TPSA) is 186 Å². The number of amides is 2. The third-order valence-corrected chi connectivity index (χ3v) is 9.82. The molecule has 5 rings (SSSR count). The van der Waals surface area contributed by atoms with E-state index in [0.717, 1.165) is 11.8 Å².